The molecule has 1 aromatic carbocycles. The standard InChI is InChI=1S/C15H18O2/c16-9-2-5-14-3-1-4-15(11-14)12-17-10-8-13-6-7-13/h1,3-4,11,13,16H,6-10,12H2. The predicted octanol–water partition coefficient (Wildman–Crippen LogP) is 2.35. The second-order valence-electron chi connectivity index (χ2n) is 4.44. The summed E-state index contributed by atoms with van der Waals surface area (Å²) in [5.74, 6) is 6.47. The lowest BCUT2D eigenvalue weighted by atomic mass is 10.1. The molecule has 2 rings (SSSR count). The molecular formula is C15H18O2. The minimum atomic E-state index is -0.0951. The fraction of sp³-hybridized carbons (Fsp3) is 0.467. The summed E-state index contributed by atoms with van der Waals surface area (Å²) in [6, 6.07) is 7.97. The molecule has 1 fully saturated rings. The number of hydrogen-bond donors (Lipinski definition) is 1. The summed E-state index contributed by atoms with van der Waals surface area (Å²) in [5, 5.41) is 8.63. The summed E-state index contributed by atoms with van der Waals surface area (Å²) in [7, 11) is 0. The molecule has 1 aromatic rings. The van der Waals surface area contributed by atoms with E-state index in [-0.39, 0.29) is 6.61 Å². The molecule has 0 amide bonds. The normalized spacial score (nSPS) is 14.2. The van der Waals surface area contributed by atoms with Crippen molar-refractivity contribution in [2.24, 2.45) is 5.92 Å². The highest BCUT2D eigenvalue weighted by Gasteiger charge is 2.20. The molecule has 0 bridgehead atoms. The Kier molecular flexibility index (Phi) is 4.61. The molecule has 0 aliphatic heterocycles. The Labute approximate surface area is 103 Å². The zero-order valence-corrected chi connectivity index (χ0v) is 9.98. The summed E-state index contributed by atoms with van der Waals surface area (Å²) in [5.41, 5.74) is 2.08. The van der Waals surface area contributed by atoms with E-state index in [1.807, 2.05) is 24.3 Å². The van der Waals surface area contributed by atoms with Crippen LogP contribution in [0.5, 0.6) is 0 Å². The molecule has 17 heavy (non-hydrogen) atoms. The summed E-state index contributed by atoms with van der Waals surface area (Å²) in [6.07, 6.45) is 3.97. The molecule has 0 aromatic heterocycles. The van der Waals surface area contributed by atoms with Gasteiger partial charge >= 0.3 is 0 Å². The van der Waals surface area contributed by atoms with Crippen molar-refractivity contribution in [2.75, 3.05) is 13.2 Å². The summed E-state index contributed by atoms with van der Waals surface area (Å²) >= 11 is 0. The van der Waals surface area contributed by atoms with Gasteiger partial charge in [0.1, 0.15) is 6.61 Å². The second kappa shape index (κ2) is 6.44. The molecular weight excluding hydrogens is 212 g/mol. The average Bonchev–Trinajstić information content (AvgIpc) is 3.17. The maximum Gasteiger partial charge on any atom is 0.104 e. The van der Waals surface area contributed by atoms with Gasteiger partial charge in [0.2, 0.25) is 0 Å². The molecule has 0 unspecified atom stereocenters. The maximum atomic E-state index is 8.63. The van der Waals surface area contributed by atoms with Crippen molar-refractivity contribution in [1.82, 2.24) is 0 Å². The van der Waals surface area contributed by atoms with Crippen LogP contribution >= 0.6 is 0 Å². The lowest BCUT2D eigenvalue weighted by Gasteiger charge is -2.04. The van der Waals surface area contributed by atoms with Crippen LogP contribution < -0.4 is 0 Å². The summed E-state index contributed by atoms with van der Waals surface area (Å²) in [6.45, 7) is 1.42. The average molecular weight is 230 g/mol. The fourth-order valence-corrected chi connectivity index (χ4v) is 1.73. The van der Waals surface area contributed by atoms with E-state index in [2.05, 4.69) is 11.8 Å². The van der Waals surface area contributed by atoms with E-state index in [0.29, 0.717) is 6.61 Å². The van der Waals surface area contributed by atoms with Crippen LogP contribution in [0.15, 0.2) is 24.3 Å². The largest absolute Gasteiger partial charge is 0.384 e. The maximum absolute atomic E-state index is 8.63. The van der Waals surface area contributed by atoms with Crippen molar-refractivity contribution in [1.29, 1.82) is 0 Å². The first-order valence-corrected chi connectivity index (χ1v) is 6.15. The molecule has 1 saturated carbocycles. The van der Waals surface area contributed by atoms with Gasteiger partial charge in [0, 0.05) is 12.2 Å². The molecule has 1 aliphatic carbocycles. The molecule has 0 heterocycles. The second-order valence-corrected chi connectivity index (χ2v) is 4.44. The van der Waals surface area contributed by atoms with Crippen molar-refractivity contribution < 1.29 is 9.84 Å². The minimum absolute atomic E-state index is 0.0951. The zero-order chi connectivity index (χ0) is 11.9. The molecule has 2 nitrogen and oxygen atoms in total. The van der Waals surface area contributed by atoms with Crippen molar-refractivity contribution in [3.05, 3.63) is 35.4 Å². The van der Waals surface area contributed by atoms with Crippen LogP contribution in [0.2, 0.25) is 0 Å². The van der Waals surface area contributed by atoms with Gasteiger partial charge in [-0.2, -0.15) is 0 Å². The third-order valence-electron chi connectivity index (χ3n) is 2.87. The highest BCUT2D eigenvalue weighted by Crippen LogP contribution is 2.32. The van der Waals surface area contributed by atoms with Crippen LogP contribution in [-0.4, -0.2) is 18.3 Å². The summed E-state index contributed by atoms with van der Waals surface area (Å²) < 4.78 is 5.63. The van der Waals surface area contributed by atoms with Crippen LogP contribution in [0.1, 0.15) is 30.4 Å². The Bertz CT molecular complexity index is 410. The van der Waals surface area contributed by atoms with E-state index in [1.165, 1.54) is 19.3 Å². The molecule has 1 N–H and O–H groups in total. The van der Waals surface area contributed by atoms with Gasteiger partial charge in [-0.05, 0) is 30.0 Å². The minimum Gasteiger partial charge on any atom is -0.384 e. The van der Waals surface area contributed by atoms with Gasteiger partial charge in [-0.3, -0.25) is 0 Å². The number of benzene rings is 1. The van der Waals surface area contributed by atoms with E-state index in [9.17, 15) is 0 Å². The van der Waals surface area contributed by atoms with E-state index < -0.39 is 0 Å². The Balaban J connectivity index is 1.78. The number of ether oxygens (including phenoxy) is 1. The molecule has 0 saturated heterocycles. The van der Waals surface area contributed by atoms with Gasteiger partial charge in [-0.1, -0.05) is 36.8 Å². The molecule has 2 heteroatoms. The van der Waals surface area contributed by atoms with Crippen LogP contribution in [0.4, 0.5) is 0 Å². The predicted molar refractivity (Wildman–Crippen MR) is 67.4 cm³/mol. The van der Waals surface area contributed by atoms with Crippen LogP contribution in [-0.2, 0) is 11.3 Å². The van der Waals surface area contributed by atoms with Crippen molar-refractivity contribution in [3.8, 4) is 11.8 Å². The van der Waals surface area contributed by atoms with Crippen molar-refractivity contribution in [3.63, 3.8) is 0 Å². The highest BCUT2D eigenvalue weighted by atomic mass is 16.5. The fourth-order valence-electron chi connectivity index (χ4n) is 1.73. The first-order chi connectivity index (χ1) is 8.38. The molecule has 0 atom stereocenters. The van der Waals surface area contributed by atoms with E-state index in [0.717, 1.165) is 23.7 Å². The Morgan fingerprint density at radius 3 is 3.00 bits per heavy atom. The molecule has 0 radical (unpaired) electrons. The highest BCUT2D eigenvalue weighted by molar-refractivity contribution is 5.36. The monoisotopic (exact) mass is 230 g/mol. The summed E-state index contributed by atoms with van der Waals surface area (Å²) in [4.78, 5) is 0. The van der Waals surface area contributed by atoms with Crippen molar-refractivity contribution in [2.45, 2.75) is 25.9 Å². The Morgan fingerprint density at radius 1 is 1.35 bits per heavy atom. The number of aliphatic hydroxyl groups is 1. The topological polar surface area (TPSA) is 29.5 Å². The van der Waals surface area contributed by atoms with Gasteiger partial charge in [0.25, 0.3) is 0 Å². The van der Waals surface area contributed by atoms with Gasteiger partial charge in [-0.15, -0.1) is 0 Å². The van der Waals surface area contributed by atoms with E-state index in [4.69, 9.17) is 9.84 Å². The lowest BCUT2D eigenvalue weighted by molar-refractivity contribution is 0.115. The molecule has 90 valence electrons. The van der Waals surface area contributed by atoms with Crippen LogP contribution in [0, 0.1) is 17.8 Å². The first-order valence-electron chi connectivity index (χ1n) is 6.15. The Hall–Kier alpha value is -1.30. The van der Waals surface area contributed by atoms with Gasteiger partial charge < -0.3 is 9.84 Å². The number of rotatable bonds is 5. The van der Waals surface area contributed by atoms with E-state index >= 15 is 0 Å². The van der Waals surface area contributed by atoms with Crippen LogP contribution in [0.3, 0.4) is 0 Å². The SMILES string of the molecule is OCC#Cc1cccc(COCCC2CC2)c1. The van der Waals surface area contributed by atoms with E-state index in [1.54, 1.807) is 0 Å². The zero-order valence-electron chi connectivity index (χ0n) is 9.98. The Morgan fingerprint density at radius 2 is 2.24 bits per heavy atom. The molecule has 0 spiro atoms. The molecule has 1 aliphatic rings. The van der Waals surface area contributed by atoms with Crippen LogP contribution in [0.25, 0.3) is 0 Å². The number of aliphatic hydroxyl groups excluding tert-OH is 1. The third-order valence-corrected chi connectivity index (χ3v) is 2.87. The smallest absolute Gasteiger partial charge is 0.104 e. The van der Waals surface area contributed by atoms with Crippen molar-refractivity contribution >= 4 is 0 Å². The van der Waals surface area contributed by atoms with Gasteiger partial charge in [-0.25, -0.2) is 0 Å². The lowest BCUT2D eigenvalue weighted by Crippen LogP contribution is -1.96. The van der Waals surface area contributed by atoms with Gasteiger partial charge in [0.15, 0.2) is 0 Å². The first kappa shape index (κ1) is 12.2. The number of hydrogen-bond acceptors (Lipinski definition) is 2. The van der Waals surface area contributed by atoms with Gasteiger partial charge in [0.05, 0.1) is 6.61 Å². The quantitative estimate of drug-likeness (QED) is 0.621. The third kappa shape index (κ3) is 4.60.